The minimum atomic E-state index is -4.48. The molecule has 2 heterocycles. The van der Waals surface area contributed by atoms with Crippen molar-refractivity contribution in [3.63, 3.8) is 0 Å². The third kappa shape index (κ3) is 10.8. The van der Waals surface area contributed by atoms with E-state index in [9.17, 15) is 22.8 Å². The molecule has 1 amide bonds. The fourth-order valence-electron chi connectivity index (χ4n) is 2.69. The zero-order valence-corrected chi connectivity index (χ0v) is 16.9. The van der Waals surface area contributed by atoms with Gasteiger partial charge in [-0.3, -0.25) is 4.79 Å². The minimum absolute atomic E-state index is 0. The Hall–Kier alpha value is -2.14. The van der Waals surface area contributed by atoms with Crippen molar-refractivity contribution in [1.82, 2.24) is 15.5 Å². The number of carbonyl (C=O) groups excluding carboxylic acids is 1. The molecule has 0 bridgehead atoms. The van der Waals surface area contributed by atoms with Gasteiger partial charge in [-0.1, -0.05) is 19.8 Å². The van der Waals surface area contributed by atoms with Gasteiger partial charge in [0.15, 0.2) is 11.5 Å². The van der Waals surface area contributed by atoms with E-state index >= 15 is 0 Å². The molecule has 1 fully saturated rings. The van der Waals surface area contributed by atoms with Crippen LogP contribution in [0, 0.1) is 0 Å². The summed E-state index contributed by atoms with van der Waals surface area (Å²) in [7, 11) is 0. The Morgan fingerprint density at radius 2 is 1.97 bits per heavy atom. The second-order valence-corrected chi connectivity index (χ2v) is 6.35. The van der Waals surface area contributed by atoms with Gasteiger partial charge in [-0.25, -0.2) is 10.1 Å². The first kappa shape index (κ1) is 26.9. The molecule has 8 nitrogen and oxygen atoms in total. The summed E-state index contributed by atoms with van der Waals surface area (Å²) in [6.07, 6.45) is 0.143. The summed E-state index contributed by atoms with van der Waals surface area (Å²) in [5.74, 6) is -1.18. The highest BCUT2D eigenvalue weighted by Gasteiger charge is 2.35. The quantitative estimate of drug-likeness (QED) is 0.439. The molecular formula is C17H27ClF3N5O3. The molecule has 0 spiro atoms. The molecule has 1 aliphatic heterocycles. The molecule has 2 rings (SSSR count). The summed E-state index contributed by atoms with van der Waals surface area (Å²) in [6, 6.07) is 2.59. The number of nitrogens with zero attached hydrogens (tertiary/aromatic N) is 3. The third-order valence-electron chi connectivity index (χ3n) is 4.02. The molecule has 0 aromatic carbocycles. The third-order valence-corrected chi connectivity index (χ3v) is 4.02. The first-order valence-corrected chi connectivity index (χ1v) is 9.10. The molecule has 29 heavy (non-hydrogen) atoms. The molecular weight excluding hydrogens is 415 g/mol. The van der Waals surface area contributed by atoms with Crippen LogP contribution < -0.4 is 16.0 Å². The number of alkyl halides is 3. The Morgan fingerprint density at radius 1 is 1.28 bits per heavy atom. The normalized spacial score (nSPS) is 16.3. The average Bonchev–Trinajstić information content (AvgIpc) is 2.61. The molecule has 12 heteroatoms. The zero-order chi connectivity index (χ0) is 21.2. The summed E-state index contributed by atoms with van der Waals surface area (Å²) in [5.41, 5.74) is 4.65. The number of anilines is 1. The van der Waals surface area contributed by atoms with Gasteiger partial charge in [0, 0.05) is 13.0 Å². The molecule has 0 saturated carbocycles. The lowest BCUT2D eigenvalue weighted by Gasteiger charge is -2.37. The van der Waals surface area contributed by atoms with Crippen LogP contribution in [0.4, 0.5) is 19.0 Å². The predicted molar refractivity (Wildman–Crippen MR) is 104 cm³/mol. The van der Waals surface area contributed by atoms with E-state index in [1.165, 1.54) is 17.0 Å². The molecule has 166 valence electrons. The lowest BCUT2D eigenvalue weighted by molar-refractivity contribution is -0.165. The van der Waals surface area contributed by atoms with Crippen LogP contribution in [0.5, 0.6) is 0 Å². The van der Waals surface area contributed by atoms with Crippen LogP contribution in [-0.2, 0) is 4.79 Å². The van der Waals surface area contributed by atoms with Crippen molar-refractivity contribution < 1.29 is 27.9 Å². The Bertz CT molecular complexity index is 632. The molecule has 1 aromatic rings. The molecule has 0 aliphatic carbocycles. The predicted octanol–water partition coefficient (Wildman–Crippen LogP) is 3.07. The van der Waals surface area contributed by atoms with Crippen LogP contribution in [0.15, 0.2) is 12.1 Å². The Kier molecular flexibility index (Phi) is 12.2. The number of amides is 1. The highest BCUT2D eigenvalue weighted by Crippen LogP contribution is 2.24. The number of unbranched alkanes of at least 4 members (excludes halogenated alkanes) is 2. The summed E-state index contributed by atoms with van der Waals surface area (Å²) in [6.45, 7) is 2.51. The van der Waals surface area contributed by atoms with Crippen LogP contribution in [0.1, 0.15) is 62.4 Å². The number of carboxylic acids is 1. The fourth-order valence-corrected chi connectivity index (χ4v) is 2.69. The van der Waals surface area contributed by atoms with Crippen LogP contribution in [0.2, 0.25) is 0 Å². The van der Waals surface area contributed by atoms with E-state index in [0.717, 1.165) is 25.7 Å². The van der Waals surface area contributed by atoms with Crippen molar-refractivity contribution >= 4 is 30.1 Å². The first-order valence-electron chi connectivity index (χ1n) is 9.10. The van der Waals surface area contributed by atoms with Crippen molar-refractivity contribution in [2.75, 3.05) is 11.4 Å². The van der Waals surface area contributed by atoms with E-state index in [1.54, 1.807) is 5.32 Å². The highest BCUT2D eigenvalue weighted by molar-refractivity contribution is 5.85. The van der Waals surface area contributed by atoms with Crippen molar-refractivity contribution in [1.29, 1.82) is 0 Å². The lowest BCUT2D eigenvalue weighted by atomic mass is 10.1. The average molecular weight is 442 g/mol. The largest absolute Gasteiger partial charge is 0.476 e. The summed E-state index contributed by atoms with van der Waals surface area (Å²) < 4.78 is 37.3. The number of carbonyl (C=O) groups is 2. The van der Waals surface area contributed by atoms with Crippen LogP contribution >= 0.6 is 12.4 Å². The van der Waals surface area contributed by atoms with Crippen molar-refractivity contribution in [3.05, 3.63) is 17.8 Å². The van der Waals surface area contributed by atoms with Gasteiger partial charge < -0.3 is 15.7 Å². The number of rotatable bonds is 7. The molecule has 0 radical (unpaired) electrons. The number of carboxylic acid groups (broad SMARTS) is 1. The van der Waals surface area contributed by atoms with Gasteiger partial charge in [0.2, 0.25) is 5.91 Å². The van der Waals surface area contributed by atoms with Crippen molar-refractivity contribution in [3.8, 4) is 0 Å². The molecule has 1 aliphatic rings. The number of aromatic carboxylic acids is 1. The molecule has 1 saturated heterocycles. The Morgan fingerprint density at radius 3 is 2.45 bits per heavy atom. The van der Waals surface area contributed by atoms with E-state index in [1.807, 2.05) is 0 Å². The van der Waals surface area contributed by atoms with E-state index in [0.29, 0.717) is 25.8 Å². The van der Waals surface area contributed by atoms with E-state index in [4.69, 9.17) is 10.8 Å². The molecule has 1 unspecified atom stereocenters. The number of primary amides is 1. The SMILES string of the molecule is CCCCCC(N)=O.Cl.O=C(O)c1ccc(N2CCCCC2NC(F)(F)F)nn1. The van der Waals surface area contributed by atoms with Gasteiger partial charge in [0.25, 0.3) is 0 Å². The maximum absolute atomic E-state index is 12.4. The van der Waals surface area contributed by atoms with E-state index < -0.39 is 18.4 Å². The topological polar surface area (TPSA) is 121 Å². The zero-order valence-electron chi connectivity index (χ0n) is 16.1. The number of hydrogen-bond donors (Lipinski definition) is 3. The second-order valence-electron chi connectivity index (χ2n) is 6.35. The number of hydrogen-bond acceptors (Lipinski definition) is 6. The van der Waals surface area contributed by atoms with Gasteiger partial charge in [-0.15, -0.1) is 22.6 Å². The van der Waals surface area contributed by atoms with Crippen LogP contribution in [0.25, 0.3) is 0 Å². The highest BCUT2D eigenvalue weighted by atomic mass is 35.5. The van der Waals surface area contributed by atoms with Gasteiger partial charge in [-0.2, -0.15) is 13.2 Å². The van der Waals surface area contributed by atoms with Crippen molar-refractivity contribution in [2.24, 2.45) is 5.73 Å². The van der Waals surface area contributed by atoms with Crippen molar-refractivity contribution in [2.45, 2.75) is 64.3 Å². The smallest absolute Gasteiger partial charge is 0.458 e. The number of nitrogens with two attached hydrogens (primary N) is 1. The number of nitrogens with one attached hydrogen (secondary N) is 1. The van der Waals surface area contributed by atoms with Gasteiger partial charge >= 0.3 is 12.3 Å². The van der Waals surface area contributed by atoms with Gasteiger partial charge in [-0.05, 0) is 37.8 Å². The minimum Gasteiger partial charge on any atom is -0.476 e. The first-order chi connectivity index (χ1) is 13.1. The fraction of sp³-hybridized carbons (Fsp3) is 0.647. The molecule has 4 N–H and O–H groups in total. The maximum atomic E-state index is 12.4. The van der Waals surface area contributed by atoms with Crippen LogP contribution in [-0.4, -0.2) is 46.2 Å². The van der Waals surface area contributed by atoms with Crippen LogP contribution in [0.3, 0.4) is 0 Å². The van der Waals surface area contributed by atoms with E-state index in [-0.39, 0.29) is 29.8 Å². The summed E-state index contributed by atoms with van der Waals surface area (Å²) >= 11 is 0. The number of halogens is 4. The Labute approximate surface area is 173 Å². The number of piperidine rings is 1. The van der Waals surface area contributed by atoms with E-state index in [2.05, 4.69) is 17.1 Å². The van der Waals surface area contributed by atoms with Gasteiger partial charge in [0.05, 0.1) is 6.17 Å². The number of aromatic nitrogens is 2. The van der Waals surface area contributed by atoms with Gasteiger partial charge in [0.1, 0.15) is 0 Å². The molecule has 1 aromatic heterocycles. The molecule has 1 atom stereocenters. The lowest BCUT2D eigenvalue weighted by Crippen LogP contribution is -2.54. The standard InChI is InChI=1S/C11H13F3N4O2.C6H13NO.ClH/c12-11(13,14)15-8-3-1-2-6-18(8)9-5-4-7(10(19)20)16-17-9;1-2-3-4-5-6(7)8;/h4-5,8,15H,1-3,6H2,(H,19,20);2-5H2,1H3,(H2,7,8);1H. The monoisotopic (exact) mass is 441 g/mol. The maximum Gasteiger partial charge on any atom is 0.458 e. The summed E-state index contributed by atoms with van der Waals surface area (Å²) in [5, 5.41) is 17.5. The Balaban J connectivity index is 0.000000747. The summed E-state index contributed by atoms with van der Waals surface area (Å²) in [4.78, 5) is 22.2. The second kappa shape index (κ2) is 13.2.